The Morgan fingerprint density at radius 1 is 1.43 bits per heavy atom. The molecule has 5 nitrogen and oxygen atoms in total. The molecule has 0 aliphatic carbocycles. The van der Waals surface area contributed by atoms with Gasteiger partial charge in [0.25, 0.3) is 0 Å². The average Bonchev–Trinajstić information content (AvgIpc) is 2.82. The van der Waals surface area contributed by atoms with E-state index in [1.165, 1.54) is 0 Å². The quantitative estimate of drug-likeness (QED) is 0.647. The highest BCUT2D eigenvalue weighted by molar-refractivity contribution is 7.86. The van der Waals surface area contributed by atoms with Gasteiger partial charge in [-0.05, 0) is 46.8 Å². The van der Waals surface area contributed by atoms with Gasteiger partial charge in [-0.25, -0.2) is 0 Å². The van der Waals surface area contributed by atoms with Crippen LogP contribution in [0.5, 0.6) is 0 Å². The smallest absolute Gasteiger partial charge is 0.191 e. The largest absolute Gasteiger partial charge is 0.464 e. The third-order valence-electron chi connectivity index (χ3n) is 3.03. The summed E-state index contributed by atoms with van der Waals surface area (Å²) in [6, 6.07) is 3.92. The number of aryl methyl sites for hydroxylation is 1. The lowest BCUT2D eigenvalue weighted by molar-refractivity contribution is 0.441. The topological polar surface area (TPSA) is 66.6 Å². The van der Waals surface area contributed by atoms with Crippen LogP contribution in [0.25, 0.3) is 0 Å². The van der Waals surface area contributed by atoms with Crippen LogP contribution in [-0.4, -0.2) is 34.3 Å². The highest BCUT2D eigenvalue weighted by Gasteiger charge is 2.19. The van der Waals surface area contributed by atoms with Crippen LogP contribution in [0.15, 0.2) is 21.5 Å². The lowest BCUT2D eigenvalue weighted by Crippen LogP contribution is -2.41. The highest BCUT2D eigenvalue weighted by Crippen LogP contribution is 2.15. The number of hydrogen-bond acceptors (Lipinski definition) is 3. The molecule has 0 bridgehead atoms. The lowest BCUT2D eigenvalue weighted by atomic mass is 10.2. The molecule has 0 saturated heterocycles. The van der Waals surface area contributed by atoms with Crippen molar-refractivity contribution in [2.45, 2.75) is 45.4 Å². The van der Waals surface area contributed by atoms with Crippen LogP contribution in [0, 0.1) is 6.92 Å². The number of nitrogens with one attached hydrogen (secondary N) is 2. The summed E-state index contributed by atoms with van der Waals surface area (Å²) in [5.41, 5.74) is 0. The van der Waals surface area contributed by atoms with E-state index in [9.17, 15) is 4.21 Å². The minimum atomic E-state index is -0.865. The van der Waals surface area contributed by atoms with E-state index in [1.807, 2.05) is 46.8 Å². The third kappa shape index (κ3) is 5.91. The molecular weight excluding hydrogens is 286 g/mol. The number of rotatable bonds is 5. The number of guanidine groups is 1. The molecule has 0 fully saturated rings. The second kappa shape index (κ2) is 7.64. The zero-order valence-corrected chi connectivity index (χ0v) is 14.6. The van der Waals surface area contributed by atoms with E-state index in [2.05, 4.69) is 15.6 Å². The van der Waals surface area contributed by atoms with Crippen LogP contribution >= 0.6 is 0 Å². The van der Waals surface area contributed by atoms with Crippen molar-refractivity contribution >= 4 is 16.8 Å². The summed E-state index contributed by atoms with van der Waals surface area (Å²) in [6.07, 6.45) is 0. The van der Waals surface area contributed by atoms with Crippen LogP contribution in [-0.2, 0) is 10.8 Å². The fourth-order valence-corrected chi connectivity index (χ4v) is 2.63. The van der Waals surface area contributed by atoms with Gasteiger partial charge in [-0.3, -0.25) is 9.20 Å². The van der Waals surface area contributed by atoms with E-state index in [0.717, 1.165) is 11.5 Å². The zero-order valence-electron chi connectivity index (χ0n) is 13.8. The third-order valence-corrected chi connectivity index (χ3v) is 4.97. The van der Waals surface area contributed by atoms with Crippen molar-refractivity contribution in [2.24, 2.45) is 4.99 Å². The molecule has 120 valence electrons. The van der Waals surface area contributed by atoms with Gasteiger partial charge in [0.05, 0.1) is 6.04 Å². The maximum Gasteiger partial charge on any atom is 0.191 e. The Hall–Kier alpha value is -1.30. The Kier molecular flexibility index (Phi) is 6.45. The standard InChI is InChI=1S/C15H27N3O2S/c1-11-7-8-13(20-11)12(2)18-14(16-6)17-9-10-21(19)15(3,4)5/h7-8,12H,9-10H2,1-6H3,(H2,16,17,18). The van der Waals surface area contributed by atoms with Gasteiger partial charge in [-0.2, -0.15) is 0 Å². The first-order chi connectivity index (χ1) is 9.74. The molecule has 2 atom stereocenters. The van der Waals surface area contributed by atoms with Crippen LogP contribution in [0.4, 0.5) is 0 Å². The summed E-state index contributed by atoms with van der Waals surface area (Å²) in [6.45, 7) is 10.5. The summed E-state index contributed by atoms with van der Waals surface area (Å²) in [5, 5.41) is 6.44. The van der Waals surface area contributed by atoms with Gasteiger partial charge < -0.3 is 15.1 Å². The second-order valence-electron chi connectivity index (χ2n) is 5.98. The van der Waals surface area contributed by atoms with Crippen molar-refractivity contribution in [2.75, 3.05) is 19.3 Å². The average molecular weight is 313 g/mol. The van der Waals surface area contributed by atoms with E-state index in [-0.39, 0.29) is 10.8 Å². The maximum absolute atomic E-state index is 12.0. The molecule has 1 heterocycles. The molecule has 0 aliphatic rings. The predicted octanol–water partition coefficient (Wildman–Crippen LogP) is 2.36. The van der Waals surface area contributed by atoms with Gasteiger partial charge in [-0.1, -0.05) is 0 Å². The molecular formula is C15H27N3O2S. The van der Waals surface area contributed by atoms with Crippen molar-refractivity contribution in [3.8, 4) is 0 Å². The zero-order chi connectivity index (χ0) is 16.0. The molecule has 2 unspecified atom stereocenters. The summed E-state index contributed by atoms with van der Waals surface area (Å²) in [4.78, 5) is 4.17. The van der Waals surface area contributed by atoms with E-state index in [1.54, 1.807) is 7.05 Å². The monoisotopic (exact) mass is 313 g/mol. The minimum absolute atomic E-state index is 0.0259. The minimum Gasteiger partial charge on any atom is -0.464 e. The number of nitrogens with zero attached hydrogens (tertiary/aromatic N) is 1. The van der Waals surface area contributed by atoms with Crippen LogP contribution in [0.2, 0.25) is 0 Å². The molecule has 0 radical (unpaired) electrons. The van der Waals surface area contributed by atoms with Gasteiger partial charge in [0.1, 0.15) is 11.5 Å². The lowest BCUT2D eigenvalue weighted by Gasteiger charge is -2.19. The van der Waals surface area contributed by atoms with Crippen LogP contribution in [0.1, 0.15) is 45.3 Å². The molecule has 0 spiro atoms. The molecule has 1 aromatic rings. The first-order valence-electron chi connectivity index (χ1n) is 7.16. The fraction of sp³-hybridized carbons (Fsp3) is 0.667. The Labute approximate surface area is 130 Å². The van der Waals surface area contributed by atoms with Gasteiger partial charge in [0.2, 0.25) is 0 Å². The Morgan fingerprint density at radius 3 is 2.57 bits per heavy atom. The molecule has 1 aromatic heterocycles. The van der Waals surface area contributed by atoms with E-state index in [4.69, 9.17) is 4.42 Å². The SMILES string of the molecule is CN=C(NCCS(=O)C(C)(C)C)NC(C)c1ccc(C)o1. The molecule has 21 heavy (non-hydrogen) atoms. The number of furan rings is 1. The molecule has 6 heteroatoms. The summed E-state index contributed by atoms with van der Waals surface area (Å²) < 4.78 is 17.4. The maximum atomic E-state index is 12.0. The summed E-state index contributed by atoms with van der Waals surface area (Å²) >= 11 is 0. The number of aliphatic imine (C=N–C) groups is 1. The predicted molar refractivity (Wildman–Crippen MR) is 89.1 cm³/mol. The van der Waals surface area contributed by atoms with Crippen molar-refractivity contribution in [1.29, 1.82) is 0 Å². The van der Waals surface area contributed by atoms with E-state index >= 15 is 0 Å². The van der Waals surface area contributed by atoms with Gasteiger partial charge in [0, 0.05) is 34.9 Å². The van der Waals surface area contributed by atoms with E-state index < -0.39 is 10.8 Å². The van der Waals surface area contributed by atoms with E-state index in [0.29, 0.717) is 18.3 Å². The molecule has 0 saturated carbocycles. The second-order valence-corrected chi connectivity index (χ2v) is 8.30. The van der Waals surface area contributed by atoms with Gasteiger partial charge in [-0.15, -0.1) is 0 Å². The first-order valence-corrected chi connectivity index (χ1v) is 8.48. The summed E-state index contributed by atoms with van der Waals surface area (Å²) in [5.74, 6) is 3.04. The molecule has 1 rings (SSSR count). The van der Waals surface area contributed by atoms with Crippen LogP contribution in [0.3, 0.4) is 0 Å². The Balaban J connectivity index is 2.44. The molecule has 0 amide bonds. The highest BCUT2D eigenvalue weighted by atomic mass is 32.2. The number of hydrogen-bond donors (Lipinski definition) is 2. The van der Waals surface area contributed by atoms with Crippen molar-refractivity contribution in [1.82, 2.24) is 10.6 Å². The molecule has 0 aromatic carbocycles. The first kappa shape index (κ1) is 17.8. The Morgan fingerprint density at radius 2 is 2.10 bits per heavy atom. The molecule has 2 N–H and O–H groups in total. The molecule has 0 aliphatic heterocycles. The van der Waals surface area contributed by atoms with Gasteiger partial charge >= 0.3 is 0 Å². The normalized spacial score (nSPS) is 15.6. The van der Waals surface area contributed by atoms with Crippen LogP contribution < -0.4 is 10.6 Å². The Bertz CT molecular complexity index is 503. The summed E-state index contributed by atoms with van der Waals surface area (Å²) in [7, 11) is 0.854. The van der Waals surface area contributed by atoms with Crippen molar-refractivity contribution in [3.05, 3.63) is 23.7 Å². The van der Waals surface area contributed by atoms with Gasteiger partial charge in [0.15, 0.2) is 5.96 Å². The van der Waals surface area contributed by atoms with Crippen molar-refractivity contribution < 1.29 is 8.63 Å². The fourth-order valence-electron chi connectivity index (χ4n) is 1.73. The van der Waals surface area contributed by atoms with Crippen molar-refractivity contribution in [3.63, 3.8) is 0 Å².